The molecule has 5 heteroatoms. The number of nitrogens with zero attached hydrogens (tertiary/aromatic N) is 4. The Morgan fingerprint density at radius 1 is 1.33 bits per heavy atom. The molecule has 0 aromatic carbocycles. The van der Waals surface area contributed by atoms with E-state index in [9.17, 15) is 0 Å². The predicted molar refractivity (Wildman–Crippen MR) is 70.0 cm³/mol. The van der Waals surface area contributed by atoms with Crippen molar-refractivity contribution in [2.24, 2.45) is 0 Å². The van der Waals surface area contributed by atoms with Crippen molar-refractivity contribution >= 4 is 5.95 Å². The van der Waals surface area contributed by atoms with Crippen LogP contribution in [0.4, 0.5) is 5.95 Å². The molecule has 0 spiro atoms. The monoisotopic (exact) mass is 243 g/mol. The second-order valence-corrected chi connectivity index (χ2v) is 5.04. The van der Waals surface area contributed by atoms with Crippen LogP contribution in [0, 0.1) is 0 Å². The molecule has 1 saturated carbocycles. The molecule has 18 heavy (non-hydrogen) atoms. The van der Waals surface area contributed by atoms with Gasteiger partial charge in [-0.1, -0.05) is 0 Å². The normalized spacial score (nSPS) is 15.3. The smallest absolute Gasteiger partial charge is 0.220 e. The first-order chi connectivity index (χ1) is 8.66. The third-order valence-corrected chi connectivity index (χ3v) is 3.22. The van der Waals surface area contributed by atoms with E-state index in [0.717, 1.165) is 11.4 Å². The zero-order valence-corrected chi connectivity index (χ0v) is 10.7. The highest BCUT2D eigenvalue weighted by atomic mass is 15.1. The maximum Gasteiger partial charge on any atom is 0.220 e. The Kier molecular flexibility index (Phi) is 2.54. The number of hydrogen-bond acceptors (Lipinski definition) is 4. The standard InChI is InChI=1S/C13H17N5/c1-8(2)18-11(7-16-12(18)9-3-4-9)10-5-6-15-13(14)17-10/h5-9H,3-4H2,1-2H3,(H2,14,15,17). The minimum atomic E-state index is 0.303. The van der Waals surface area contributed by atoms with Gasteiger partial charge in [0.2, 0.25) is 5.95 Å². The Bertz CT molecular complexity index is 569. The molecule has 1 fully saturated rings. The second-order valence-electron chi connectivity index (χ2n) is 5.04. The lowest BCUT2D eigenvalue weighted by Crippen LogP contribution is -2.08. The van der Waals surface area contributed by atoms with Gasteiger partial charge in [-0.05, 0) is 32.8 Å². The van der Waals surface area contributed by atoms with Crippen LogP contribution in [0.15, 0.2) is 18.5 Å². The van der Waals surface area contributed by atoms with E-state index in [0.29, 0.717) is 17.9 Å². The summed E-state index contributed by atoms with van der Waals surface area (Å²) in [5, 5.41) is 0. The van der Waals surface area contributed by atoms with Crippen molar-refractivity contribution in [2.45, 2.75) is 38.6 Å². The topological polar surface area (TPSA) is 69.6 Å². The van der Waals surface area contributed by atoms with Gasteiger partial charge in [0.1, 0.15) is 5.82 Å². The maximum absolute atomic E-state index is 5.65. The molecule has 2 aromatic heterocycles. The number of hydrogen-bond donors (Lipinski definition) is 1. The third kappa shape index (κ3) is 1.85. The maximum atomic E-state index is 5.65. The van der Waals surface area contributed by atoms with Crippen LogP contribution in [0.3, 0.4) is 0 Å². The molecular formula is C13H17N5. The molecule has 1 aliphatic carbocycles. The molecule has 0 radical (unpaired) electrons. The molecule has 0 saturated heterocycles. The summed E-state index contributed by atoms with van der Waals surface area (Å²) in [6.45, 7) is 4.34. The lowest BCUT2D eigenvalue weighted by atomic mass is 10.2. The van der Waals surface area contributed by atoms with E-state index in [1.807, 2.05) is 12.3 Å². The Hall–Kier alpha value is -1.91. The van der Waals surface area contributed by atoms with E-state index in [1.165, 1.54) is 18.7 Å². The highest BCUT2D eigenvalue weighted by molar-refractivity contribution is 5.55. The highest BCUT2D eigenvalue weighted by Crippen LogP contribution is 2.41. The molecule has 94 valence electrons. The molecule has 0 aliphatic heterocycles. The highest BCUT2D eigenvalue weighted by Gasteiger charge is 2.30. The molecule has 2 aromatic rings. The van der Waals surface area contributed by atoms with Gasteiger partial charge in [0.25, 0.3) is 0 Å². The quantitative estimate of drug-likeness (QED) is 0.898. The summed E-state index contributed by atoms with van der Waals surface area (Å²) >= 11 is 0. The molecule has 0 atom stereocenters. The number of nitrogens with two attached hydrogens (primary N) is 1. The Balaban J connectivity index is 2.11. The van der Waals surface area contributed by atoms with Crippen LogP contribution in [0.1, 0.15) is 44.5 Å². The molecule has 1 aliphatic rings. The van der Waals surface area contributed by atoms with E-state index in [1.54, 1.807) is 6.20 Å². The molecular weight excluding hydrogens is 226 g/mol. The van der Waals surface area contributed by atoms with Crippen LogP contribution in [-0.4, -0.2) is 19.5 Å². The molecule has 0 amide bonds. The minimum absolute atomic E-state index is 0.303. The lowest BCUT2D eigenvalue weighted by molar-refractivity contribution is 0.573. The van der Waals surface area contributed by atoms with Gasteiger partial charge < -0.3 is 10.3 Å². The number of imidazole rings is 1. The second kappa shape index (κ2) is 4.08. The van der Waals surface area contributed by atoms with Crippen LogP contribution in [0.25, 0.3) is 11.4 Å². The van der Waals surface area contributed by atoms with Crippen LogP contribution < -0.4 is 5.73 Å². The molecule has 2 N–H and O–H groups in total. The first-order valence-electron chi connectivity index (χ1n) is 6.33. The fraction of sp³-hybridized carbons (Fsp3) is 0.462. The van der Waals surface area contributed by atoms with Crippen molar-refractivity contribution in [3.8, 4) is 11.4 Å². The van der Waals surface area contributed by atoms with Crippen molar-refractivity contribution < 1.29 is 0 Å². The lowest BCUT2D eigenvalue weighted by Gasteiger charge is -2.15. The predicted octanol–water partition coefficient (Wildman–Crippen LogP) is 2.38. The first kappa shape index (κ1) is 11.2. The fourth-order valence-corrected chi connectivity index (χ4v) is 2.27. The van der Waals surface area contributed by atoms with Gasteiger partial charge in [-0.25, -0.2) is 15.0 Å². The molecule has 3 rings (SSSR count). The van der Waals surface area contributed by atoms with Gasteiger partial charge in [-0.3, -0.25) is 0 Å². The number of nitrogen functional groups attached to an aromatic ring is 1. The Labute approximate surface area is 106 Å². The zero-order chi connectivity index (χ0) is 12.7. The largest absolute Gasteiger partial charge is 0.368 e. The fourth-order valence-electron chi connectivity index (χ4n) is 2.27. The number of anilines is 1. The average Bonchev–Trinajstić information content (AvgIpc) is 3.07. The molecule has 0 unspecified atom stereocenters. The van der Waals surface area contributed by atoms with Crippen LogP contribution in [0.5, 0.6) is 0 Å². The van der Waals surface area contributed by atoms with E-state index in [-0.39, 0.29) is 0 Å². The van der Waals surface area contributed by atoms with Gasteiger partial charge >= 0.3 is 0 Å². The SMILES string of the molecule is CC(C)n1c(-c2ccnc(N)n2)cnc1C1CC1. The Morgan fingerprint density at radius 3 is 2.72 bits per heavy atom. The third-order valence-electron chi connectivity index (χ3n) is 3.22. The summed E-state index contributed by atoms with van der Waals surface area (Å²) < 4.78 is 2.26. The van der Waals surface area contributed by atoms with Crippen LogP contribution >= 0.6 is 0 Å². The summed E-state index contributed by atoms with van der Waals surface area (Å²) in [5.74, 6) is 2.11. The molecule has 2 heterocycles. The zero-order valence-electron chi connectivity index (χ0n) is 10.7. The van der Waals surface area contributed by atoms with Crippen LogP contribution in [-0.2, 0) is 0 Å². The summed E-state index contributed by atoms with van der Waals surface area (Å²) in [4.78, 5) is 12.8. The molecule has 5 nitrogen and oxygen atoms in total. The van der Waals surface area contributed by atoms with Gasteiger partial charge in [-0.2, -0.15) is 0 Å². The summed E-state index contributed by atoms with van der Waals surface area (Å²) in [6.07, 6.45) is 6.08. The van der Waals surface area contributed by atoms with Gasteiger partial charge in [-0.15, -0.1) is 0 Å². The van der Waals surface area contributed by atoms with Crippen molar-refractivity contribution in [1.82, 2.24) is 19.5 Å². The Morgan fingerprint density at radius 2 is 2.11 bits per heavy atom. The minimum Gasteiger partial charge on any atom is -0.368 e. The van der Waals surface area contributed by atoms with Gasteiger partial charge in [0, 0.05) is 18.2 Å². The average molecular weight is 243 g/mol. The number of aromatic nitrogens is 4. The molecule has 0 bridgehead atoms. The van der Waals surface area contributed by atoms with Gasteiger partial charge in [0.05, 0.1) is 17.6 Å². The van der Waals surface area contributed by atoms with Gasteiger partial charge in [0.15, 0.2) is 0 Å². The van der Waals surface area contributed by atoms with Crippen molar-refractivity contribution in [1.29, 1.82) is 0 Å². The van der Waals surface area contributed by atoms with E-state index in [4.69, 9.17) is 5.73 Å². The van der Waals surface area contributed by atoms with E-state index < -0.39 is 0 Å². The number of rotatable bonds is 3. The first-order valence-corrected chi connectivity index (χ1v) is 6.33. The van der Waals surface area contributed by atoms with Crippen molar-refractivity contribution in [3.05, 3.63) is 24.3 Å². The van der Waals surface area contributed by atoms with Crippen LogP contribution in [0.2, 0.25) is 0 Å². The van der Waals surface area contributed by atoms with E-state index >= 15 is 0 Å². The summed E-state index contributed by atoms with van der Waals surface area (Å²) in [7, 11) is 0. The summed E-state index contributed by atoms with van der Waals surface area (Å²) in [5.41, 5.74) is 7.52. The van der Waals surface area contributed by atoms with E-state index in [2.05, 4.69) is 33.4 Å². The van der Waals surface area contributed by atoms with Crippen molar-refractivity contribution in [2.75, 3.05) is 5.73 Å². The van der Waals surface area contributed by atoms with Crippen molar-refractivity contribution in [3.63, 3.8) is 0 Å². The summed E-state index contributed by atoms with van der Waals surface area (Å²) in [6, 6.07) is 2.25.